The minimum Gasteiger partial charge on any atom is -0.468 e. The lowest BCUT2D eigenvalue weighted by atomic mass is 9.75. The third-order valence-electron chi connectivity index (χ3n) is 4.62. The summed E-state index contributed by atoms with van der Waals surface area (Å²) < 4.78 is 41.8. The molecule has 2 N–H and O–H groups in total. The number of nitrogens with one attached hydrogen (secondary N) is 2. The summed E-state index contributed by atoms with van der Waals surface area (Å²) in [4.78, 5) is 43.6. The number of ether oxygens (including phenoxy) is 1. The van der Waals surface area contributed by atoms with Gasteiger partial charge in [-0.25, -0.2) is 4.98 Å². The number of carbonyl (C=O) groups excluding carboxylic acids is 2. The predicted molar refractivity (Wildman–Crippen MR) is 100 cm³/mol. The van der Waals surface area contributed by atoms with E-state index in [4.69, 9.17) is 0 Å². The average Bonchev–Trinajstić information content (AvgIpc) is 2.63. The number of fused-ring (bicyclic) bond motifs is 1. The van der Waals surface area contributed by atoms with Gasteiger partial charge in [0.05, 0.1) is 0 Å². The van der Waals surface area contributed by atoms with Gasteiger partial charge in [0.25, 0.3) is 11.5 Å². The number of ketones is 1. The number of aromatic nitrogens is 2. The summed E-state index contributed by atoms with van der Waals surface area (Å²) >= 11 is 0. The van der Waals surface area contributed by atoms with Crippen molar-refractivity contribution in [3.63, 3.8) is 0 Å². The summed E-state index contributed by atoms with van der Waals surface area (Å²) in [5.74, 6) is -1.20. The van der Waals surface area contributed by atoms with E-state index < -0.39 is 24.2 Å². The molecule has 2 heterocycles. The van der Waals surface area contributed by atoms with E-state index in [0.29, 0.717) is 24.1 Å². The number of rotatable bonds is 5. The Hall–Kier alpha value is -3.17. The Labute approximate surface area is 169 Å². The third-order valence-corrected chi connectivity index (χ3v) is 4.62. The summed E-state index contributed by atoms with van der Waals surface area (Å²) in [5, 5.41) is 2.46. The normalized spacial score (nSPS) is 15.4. The van der Waals surface area contributed by atoms with Gasteiger partial charge in [0.2, 0.25) is 5.88 Å². The predicted octanol–water partition coefficient (Wildman–Crippen LogP) is 2.80. The minimum atomic E-state index is -4.53. The second-order valence-corrected chi connectivity index (χ2v) is 7.90. The van der Waals surface area contributed by atoms with Gasteiger partial charge in [-0.1, -0.05) is 19.9 Å². The maximum absolute atomic E-state index is 12.5. The Bertz CT molecular complexity index is 1040. The van der Waals surface area contributed by atoms with E-state index in [1.54, 1.807) is 0 Å². The molecule has 0 spiro atoms. The minimum absolute atomic E-state index is 0.165. The fourth-order valence-corrected chi connectivity index (χ4v) is 3.31. The first kappa shape index (κ1) is 21.5. The first-order chi connectivity index (χ1) is 14.0. The highest BCUT2D eigenvalue weighted by Crippen LogP contribution is 2.33. The van der Waals surface area contributed by atoms with Gasteiger partial charge in [-0.05, 0) is 24.0 Å². The van der Waals surface area contributed by atoms with E-state index in [-0.39, 0.29) is 34.7 Å². The largest absolute Gasteiger partial charge is 0.468 e. The number of nitrogens with zero attached hydrogens (tertiary/aromatic N) is 1. The number of H-pyrrole nitrogens is 1. The number of carbonyl (C=O) groups is 2. The Morgan fingerprint density at radius 1 is 1.30 bits per heavy atom. The summed E-state index contributed by atoms with van der Waals surface area (Å²) in [5.41, 5.74) is -0.172. The SMILES string of the molecule is CC1(C)CC(=O)c2cc(C(=O)NCc3cccnc3OCC(F)(F)F)c(=O)[nH]c2C1. The molecule has 0 unspecified atom stereocenters. The van der Waals surface area contributed by atoms with Gasteiger partial charge in [-0.3, -0.25) is 14.4 Å². The van der Waals surface area contributed by atoms with Crippen LogP contribution < -0.4 is 15.6 Å². The maximum atomic E-state index is 12.5. The second kappa shape index (κ2) is 7.92. The molecular weight excluding hydrogens is 403 g/mol. The molecule has 0 atom stereocenters. The van der Waals surface area contributed by atoms with Crippen LogP contribution in [0.1, 0.15) is 52.2 Å². The standard InChI is InChI=1S/C20H20F3N3O4/c1-19(2)7-14-12(15(27)8-19)6-13(17(29)26-14)16(28)25-9-11-4-3-5-24-18(11)30-10-20(21,22)23/h3-6H,7-10H2,1-2H3,(H,25,28)(H,26,29). The Morgan fingerprint density at radius 3 is 2.73 bits per heavy atom. The second-order valence-electron chi connectivity index (χ2n) is 7.90. The molecule has 1 aliphatic rings. The maximum Gasteiger partial charge on any atom is 0.422 e. The van der Waals surface area contributed by atoms with Crippen molar-refractivity contribution in [1.82, 2.24) is 15.3 Å². The van der Waals surface area contributed by atoms with E-state index in [2.05, 4.69) is 20.0 Å². The highest BCUT2D eigenvalue weighted by molar-refractivity contribution is 6.02. The van der Waals surface area contributed by atoms with E-state index >= 15 is 0 Å². The molecule has 0 saturated carbocycles. The summed E-state index contributed by atoms with van der Waals surface area (Å²) in [6.07, 6.45) is -2.47. The Morgan fingerprint density at radius 2 is 2.03 bits per heavy atom. The number of pyridine rings is 2. The van der Waals surface area contributed by atoms with Gasteiger partial charge in [-0.2, -0.15) is 13.2 Å². The molecule has 1 amide bonds. The van der Waals surface area contributed by atoms with Crippen LogP contribution in [0.2, 0.25) is 0 Å². The van der Waals surface area contributed by atoms with Crippen LogP contribution in [0.4, 0.5) is 13.2 Å². The van der Waals surface area contributed by atoms with Crippen LogP contribution in [0.15, 0.2) is 29.2 Å². The molecule has 2 aromatic rings. The average molecular weight is 423 g/mol. The summed E-state index contributed by atoms with van der Waals surface area (Å²) in [6.45, 7) is 2.10. The van der Waals surface area contributed by atoms with Crippen molar-refractivity contribution in [1.29, 1.82) is 0 Å². The lowest BCUT2D eigenvalue weighted by Crippen LogP contribution is -2.34. The molecular formula is C20H20F3N3O4. The van der Waals surface area contributed by atoms with Gasteiger partial charge in [0, 0.05) is 36.0 Å². The number of hydrogen-bond acceptors (Lipinski definition) is 5. The molecule has 0 radical (unpaired) electrons. The molecule has 10 heteroatoms. The van der Waals surface area contributed by atoms with Crippen molar-refractivity contribution in [2.45, 2.75) is 39.4 Å². The zero-order valence-electron chi connectivity index (χ0n) is 16.4. The zero-order chi connectivity index (χ0) is 22.1. The van der Waals surface area contributed by atoms with E-state index in [9.17, 15) is 27.6 Å². The van der Waals surface area contributed by atoms with E-state index in [1.807, 2.05) is 13.8 Å². The topological polar surface area (TPSA) is 101 Å². The molecule has 0 aliphatic heterocycles. The number of halogens is 3. The molecule has 1 aliphatic carbocycles. The number of amides is 1. The van der Waals surface area contributed by atoms with Crippen molar-refractivity contribution in [2.24, 2.45) is 5.41 Å². The first-order valence-electron chi connectivity index (χ1n) is 9.16. The highest BCUT2D eigenvalue weighted by Gasteiger charge is 2.33. The van der Waals surface area contributed by atoms with Gasteiger partial charge < -0.3 is 15.0 Å². The van der Waals surface area contributed by atoms with Gasteiger partial charge in [0.1, 0.15) is 5.56 Å². The van der Waals surface area contributed by atoms with Crippen molar-refractivity contribution in [3.05, 3.63) is 57.1 Å². The fraction of sp³-hybridized carbons (Fsp3) is 0.400. The molecule has 0 saturated heterocycles. The lowest BCUT2D eigenvalue weighted by molar-refractivity contribution is -0.154. The van der Waals surface area contributed by atoms with Crippen molar-refractivity contribution in [2.75, 3.05) is 6.61 Å². The molecule has 7 nitrogen and oxygen atoms in total. The zero-order valence-corrected chi connectivity index (χ0v) is 16.4. The van der Waals surface area contributed by atoms with Gasteiger partial charge in [-0.15, -0.1) is 0 Å². The van der Waals surface area contributed by atoms with Crippen molar-refractivity contribution >= 4 is 11.7 Å². The molecule has 0 aromatic carbocycles. The van der Waals surface area contributed by atoms with E-state index in [1.165, 1.54) is 24.4 Å². The van der Waals surface area contributed by atoms with Gasteiger partial charge in [0.15, 0.2) is 12.4 Å². The quantitative estimate of drug-likeness (QED) is 0.770. The van der Waals surface area contributed by atoms with Crippen LogP contribution >= 0.6 is 0 Å². The Balaban J connectivity index is 1.76. The molecule has 3 rings (SSSR count). The van der Waals surface area contributed by atoms with Crippen molar-refractivity contribution < 1.29 is 27.5 Å². The van der Waals surface area contributed by atoms with Crippen LogP contribution in [0.5, 0.6) is 5.88 Å². The third kappa shape index (κ3) is 5.05. The smallest absolute Gasteiger partial charge is 0.422 e. The van der Waals surface area contributed by atoms with Crippen LogP contribution in [-0.4, -0.2) is 34.4 Å². The van der Waals surface area contributed by atoms with Crippen LogP contribution in [0.25, 0.3) is 0 Å². The summed E-state index contributed by atoms with van der Waals surface area (Å²) in [6, 6.07) is 4.20. The molecule has 30 heavy (non-hydrogen) atoms. The monoisotopic (exact) mass is 423 g/mol. The molecule has 0 fully saturated rings. The number of aromatic amines is 1. The summed E-state index contributed by atoms with van der Waals surface area (Å²) in [7, 11) is 0. The first-order valence-corrected chi connectivity index (χ1v) is 9.16. The van der Waals surface area contributed by atoms with Crippen molar-refractivity contribution in [3.8, 4) is 5.88 Å². The molecule has 2 aromatic heterocycles. The lowest BCUT2D eigenvalue weighted by Gasteiger charge is -2.29. The Kier molecular flexibility index (Phi) is 5.69. The molecule has 0 bridgehead atoms. The fourth-order valence-electron chi connectivity index (χ4n) is 3.31. The van der Waals surface area contributed by atoms with Gasteiger partial charge >= 0.3 is 6.18 Å². The van der Waals surface area contributed by atoms with Crippen LogP contribution in [0, 0.1) is 5.41 Å². The molecule has 160 valence electrons. The van der Waals surface area contributed by atoms with Crippen LogP contribution in [0.3, 0.4) is 0 Å². The van der Waals surface area contributed by atoms with E-state index in [0.717, 1.165) is 0 Å². The number of hydrogen-bond donors (Lipinski definition) is 2. The number of Topliss-reactive ketones (excluding diaryl/α,β-unsaturated/α-hetero) is 1. The number of alkyl halides is 3. The highest BCUT2D eigenvalue weighted by atomic mass is 19.4. The van der Waals surface area contributed by atoms with Crippen LogP contribution in [-0.2, 0) is 13.0 Å².